The average molecular weight is 301 g/mol. The predicted molar refractivity (Wildman–Crippen MR) is 84.6 cm³/mol. The molecular weight excluding hydrogens is 287 g/mol. The number of thiocarbonyl (C=S) groups is 1. The fourth-order valence-electron chi connectivity index (χ4n) is 1.38. The second-order valence-corrected chi connectivity index (χ2v) is 4.83. The van der Waals surface area contributed by atoms with Crippen molar-refractivity contribution < 1.29 is 0 Å². The molecule has 2 nitrogen and oxygen atoms in total. The monoisotopic (exact) mass is 300 g/mol. The molecule has 0 atom stereocenters. The van der Waals surface area contributed by atoms with Crippen LogP contribution in [0, 0.1) is 0 Å². The summed E-state index contributed by atoms with van der Waals surface area (Å²) in [5, 5.41) is 4.79. The maximum Gasteiger partial charge on any atom is 0.173 e. The van der Waals surface area contributed by atoms with Crippen molar-refractivity contribution in [2.24, 2.45) is 0 Å². The molecule has 0 spiro atoms. The summed E-state index contributed by atoms with van der Waals surface area (Å²) in [6, 6.07) is 5.20. The SMILES string of the molecule is C=CCN(CC=C)C(=S)Nc1cc(Cl)cc(Cl)c1. The van der Waals surface area contributed by atoms with E-state index < -0.39 is 0 Å². The van der Waals surface area contributed by atoms with Gasteiger partial charge in [0.25, 0.3) is 0 Å². The molecule has 1 N–H and O–H groups in total. The molecule has 1 rings (SSSR count). The highest BCUT2D eigenvalue weighted by atomic mass is 35.5. The number of nitrogens with zero attached hydrogens (tertiary/aromatic N) is 1. The van der Waals surface area contributed by atoms with E-state index in [-0.39, 0.29) is 0 Å². The molecule has 0 aromatic heterocycles. The molecule has 0 fully saturated rings. The fourth-order valence-corrected chi connectivity index (χ4v) is 2.17. The first kappa shape index (κ1) is 15.0. The summed E-state index contributed by atoms with van der Waals surface area (Å²) >= 11 is 17.2. The quantitative estimate of drug-likeness (QED) is 0.642. The lowest BCUT2D eigenvalue weighted by Crippen LogP contribution is -2.34. The zero-order valence-electron chi connectivity index (χ0n) is 9.83. The standard InChI is InChI=1S/C13H14Cl2N2S/c1-3-5-17(6-4-2)13(18)16-12-8-10(14)7-11(15)9-12/h3-4,7-9H,1-2,5-6H2,(H,16,18). The van der Waals surface area contributed by atoms with Crippen molar-refractivity contribution in [2.45, 2.75) is 0 Å². The van der Waals surface area contributed by atoms with Crippen LogP contribution >= 0.6 is 35.4 Å². The van der Waals surface area contributed by atoms with Crippen LogP contribution in [0.4, 0.5) is 5.69 Å². The lowest BCUT2D eigenvalue weighted by atomic mass is 10.3. The van der Waals surface area contributed by atoms with Gasteiger partial charge in [-0.15, -0.1) is 13.2 Å². The Kier molecular flexibility index (Phi) is 6.19. The maximum absolute atomic E-state index is 5.92. The molecule has 18 heavy (non-hydrogen) atoms. The first-order valence-electron chi connectivity index (χ1n) is 5.30. The molecule has 0 bridgehead atoms. The van der Waals surface area contributed by atoms with Crippen molar-refractivity contribution in [3.05, 3.63) is 53.6 Å². The molecule has 96 valence electrons. The van der Waals surface area contributed by atoms with Gasteiger partial charge in [0.1, 0.15) is 0 Å². The van der Waals surface area contributed by atoms with Crippen LogP contribution < -0.4 is 5.32 Å². The van der Waals surface area contributed by atoms with Crippen LogP contribution in [0.5, 0.6) is 0 Å². The van der Waals surface area contributed by atoms with E-state index >= 15 is 0 Å². The van der Waals surface area contributed by atoms with E-state index in [0.717, 1.165) is 5.69 Å². The highest BCUT2D eigenvalue weighted by Gasteiger charge is 2.07. The highest BCUT2D eigenvalue weighted by molar-refractivity contribution is 7.80. The van der Waals surface area contributed by atoms with Crippen molar-refractivity contribution >= 4 is 46.2 Å². The Hall–Kier alpha value is -1.03. The molecule has 0 aliphatic rings. The minimum absolute atomic E-state index is 0.562. The van der Waals surface area contributed by atoms with Gasteiger partial charge in [-0.3, -0.25) is 0 Å². The molecule has 1 aromatic rings. The maximum atomic E-state index is 5.92. The van der Waals surface area contributed by atoms with Crippen LogP contribution in [0.2, 0.25) is 10.0 Å². The normalized spacial score (nSPS) is 9.67. The zero-order valence-corrected chi connectivity index (χ0v) is 12.2. The molecule has 0 radical (unpaired) electrons. The smallest absolute Gasteiger partial charge is 0.173 e. The van der Waals surface area contributed by atoms with E-state index in [1.54, 1.807) is 30.4 Å². The van der Waals surface area contributed by atoms with E-state index in [1.165, 1.54) is 0 Å². The lowest BCUT2D eigenvalue weighted by molar-refractivity contribution is 0.522. The summed E-state index contributed by atoms with van der Waals surface area (Å²) in [4.78, 5) is 1.92. The lowest BCUT2D eigenvalue weighted by Gasteiger charge is -2.23. The number of halogens is 2. The topological polar surface area (TPSA) is 15.3 Å². The third kappa shape index (κ3) is 4.69. The summed E-state index contributed by atoms with van der Waals surface area (Å²) in [7, 11) is 0. The minimum Gasteiger partial charge on any atom is -0.342 e. The van der Waals surface area contributed by atoms with Crippen molar-refractivity contribution in [1.29, 1.82) is 0 Å². The van der Waals surface area contributed by atoms with Crippen LogP contribution in [-0.4, -0.2) is 23.1 Å². The third-order valence-electron chi connectivity index (χ3n) is 2.10. The van der Waals surface area contributed by atoms with Crippen LogP contribution in [0.25, 0.3) is 0 Å². The Labute approximate surface area is 123 Å². The van der Waals surface area contributed by atoms with Gasteiger partial charge >= 0.3 is 0 Å². The molecule has 0 aliphatic carbocycles. The van der Waals surface area contributed by atoms with E-state index in [0.29, 0.717) is 28.2 Å². The second kappa shape index (κ2) is 7.41. The molecule has 0 unspecified atom stereocenters. The van der Waals surface area contributed by atoms with E-state index in [4.69, 9.17) is 35.4 Å². The molecule has 1 aromatic carbocycles. The summed E-state index contributed by atoms with van der Waals surface area (Å²) in [6.45, 7) is 8.68. The minimum atomic E-state index is 0.562. The Morgan fingerprint density at radius 1 is 1.17 bits per heavy atom. The Morgan fingerprint density at radius 2 is 1.67 bits per heavy atom. The van der Waals surface area contributed by atoms with Crippen LogP contribution in [0.15, 0.2) is 43.5 Å². The Bertz CT molecular complexity index is 430. The number of hydrogen-bond donors (Lipinski definition) is 1. The van der Waals surface area contributed by atoms with Crippen molar-refractivity contribution in [3.8, 4) is 0 Å². The van der Waals surface area contributed by atoms with Crippen LogP contribution in [-0.2, 0) is 0 Å². The summed E-state index contributed by atoms with van der Waals surface area (Å²) in [5.74, 6) is 0. The van der Waals surface area contributed by atoms with Gasteiger partial charge in [0, 0.05) is 28.8 Å². The number of anilines is 1. The molecular formula is C13H14Cl2N2S. The number of hydrogen-bond acceptors (Lipinski definition) is 1. The highest BCUT2D eigenvalue weighted by Crippen LogP contribution is 2.22. The molecule has 5 heteroatoms. The van der Waals surface area contributed by atoms with Crippen molar-refractivity contribution in [3.63, 3.8) is 0 Å². The second-order valence-electron chi connectivity index (χ2n) is 3.57. The Balaban J connectivity index is 2.77. The number of benzene rings is 1. The van der Waals surface area contributed by atoms with Gasteiger partial charge in [-0.25, -0.2) is 0 Å². The molecule has 0 saturated carbocycles. The molecule has 0 heterocycles. The van der Waals surface area contributed by atoms with Crippen molar-refractivity contribution in [2.75, 3.05) is 18.4 Å². The van der Waals surface area contributed by atoms with Crippen molar-refractivity contribution in [1.82, 2.24) is 4.90 Å². The number of rotatable bonds is 5. The van der Waals surface area contributed by atoms with E-state index in [2.05, 4.69) is 18.5 Å². The van der Waals surface area contributed by atoms with Gasteiger partial charge in [0.2, 0.25) is 0 Å². The zero-order chi connectivity index (χ0) is 13.5. The van der Waals surface area contributed by atoms with E-state index in [9.17, 15) is 0 Å². The largest absolute Gasteiger partial charge is 0.342 e. The molecule has 0 saturated heterocycles. The summed E-state index contributed by atoms with van der Waals surface area (Å²) in [5.41, 5.74) is 0.760. The molecule has 0 amide bonds. The Morgan fingerprint density at radius 3 is 2.11 bits per heavy atom. The van der Waals surface area contributed by atoms with Gasteiger partial charge < -0.3 is 10.2 Å². The van der Waals surface area contributed by atoms with Crippen LogP contribution in [0.3, 0.4) is 0 Å². The first-order valence-corrected chi connectivity index (χ1v) is 6.47. The van der Waals surface area contributed by atoms with Gasteiger partial charge in [-0.2, -0.15) is 0 Å². The third-order valence-corrected chi connectivity index (χ3v) is 2.90. The van der Waals surface area contributed by atoms with Gasteiger partial charge in [0.05, 0.1) is 0 Å². The summed E-state index contributed by atoms with van der Waals surface area (Å²) in [6.07, 6.45) is 3.56. The summed E-state index contributed by atoms with van der Waals surface area (Å²) < 4.78 is 0. The van der Waals surface area contributed by atoms with Gasteiger partial charge in [-0.05, 0) is 30.4 Å². The fraction of sp³-hybridized carbons (Fsp3) is 0.154. The van der Waals surface area contributed by atoms with Crippen LogP contribution in [0.1, 0.15) is 0 Å². The number of nitrogens with one attached hydrogen (secondary N) is 1. The average Bonchev–Trinajstić information content (AvgIpc) is 2.27. The van der Waals surface area contributed by atoms with Gasteiger partial charge in [0.15, 0.2) is 5.11 Å². The van der Waals surface area contributed by atoms with E-state index in [1.807, 2.05) is 4.90 Å². The predicted octanol–water partition coefficient (Wildman–Crippen LogP) is 4.36. The van der Waals surface area contributed by atoms with Gasteiger partial charge in [-0.1, -0.05) is 35.4 Å². The molecule has 0 aliphatic heterocycles. The first-order chi connectivity index (χ1) is 8.56.